The Morgan fingerprint density at radius 3 is 2.72 bits per heavy atom. The summed E-state index contributed by atoms with van der Waals surface area (Å²) in [6.45, 7) is 0.571. The maximum absolute atomic E-state index is 11.8. The number of amides is 1. The highest BCUT2D eigenvalue weighted by molar-refractivity contribution is 5.79. The van der Waals surface area contributed by atoms with Crippen LogP contribution < -0.4 is 4.74 Å². The number of rotatable bonds is 5. The summed E-state index contributed by atoms with van der Waals surface area (Å²) >= 11 is 0. The van der Waals surface area contributed by atoms with Gasteiger partial charge in [0.1, 0.15) is 12.0 Å². The zero-order valence-electron chi connectivity index (χ0n) is 10.5. The van der Waals surface area contributed by atoms with E-state index in [4.69, 9.17) is 4.74 Å². The van der Waals surface area contributed by atoms with Gasteiger partial charge in [0.25, 0.3) is 0 Å². The Morgan fingerprint density at radius 2 is 2.11 bits per heavy atom. The van der Waals surface area contributed by atoms with Gasteiger partial charge >= 0.3 is 0 Å². The normalized spacial score (nSPS) is 19.1. The molecule has 1 heterocycles. The molecule has 2 rings (SSSR count). The molecule has 0 aliphatic carbocycles. The Kier molecular flexibility index (Phi) is 3.97. The highest BCUT2D eigenvalue weighted by Crippen LogP contribution is 2.23. The Labute approximate surface area is 107 Å². The van der Waals surface area contributed by atoms with E-state index in [2.05, 4.69) is 0 Å². The number of carbonyl (C=O) groups excluding carboxylic acids is 2. The highest BCUT2D eigenvalue weighted by atomic mass is 16.5. The molecule has 1 aliphatic rings. The Balaban J connectivity index is 2.05. The van der Waals surface area contributed by atoms with Crippen molar-refractivity contribution in [1.82, 2.24) is 4.90 Å². The molecule has 1 fully saturated rings. The highest BCUT2D eigenvalue weighted by Gasteiger charge is 2.30. The number of ether oxygens (including phenoxy) is 1. The van der Waals surface area contributed by atoms with Crippen molar-refractivity contribution in [2.75, 3.05) is 7.11 Å². The third-order valence-corrected chi connectivity index (χ3v) is 3.33. The summed E-state index contributed by atoms with van der Waals surface area (Å²) in [4.78, 5) is 24.2. The van der Waals surface area contributed by atoms with Crippen LogP contribution in [-0.2, 0) is 16.1 Å². The number of aldehydes is 1. The predicted octanol–water partition coefficient (Wildman–Crippen LogP) is 1.78. The second-order valence-electron chi connectivity index (χ2n) is 4.46. The molecule has 4 nitrogen and oxygen atoms in total. The molecule has 1 atom stereocenters. The van der Waals surface area contributed by atoms with Crippen LogP contribution in [0.1, 0.15) is 24.8 Å². The van der Waals surface area contributed by atoms with Crippen LogP contribution in [0.5, 0.6) is 5.75 Å². The minimum atomic E-state index is 0.0668. The molecule has 96 valence electrons. The van der Waals surface area contributed by atoms with E-state index in [0.29, 0.717) is 19.4 Å². The van der Waals surface area contributed by atoms with Gasteiger partial charge in [0.15, 0.2) is 0 Å². The first-order valence-electron chi connectivity index (χ1n) is 6.10. The van der Waals surface area contributed by atoms with Gasteiger partial charge in [0.05, 0.1) is 7.11 Å². The van der Waals surface area contributed by atoms with E-state index in [1.165, 1.54) is 0 Å². The molecule has 0 spiro atoms. The van der Waals surface area contributed by atoms with Crippen molar-refractivity contribution in [3.8, 4) is 5.75 Å². The van der Waals surface area contributed by atoms with Gasteiger partial charge in [-0.3, -0.25) is 4.79 Å². The van der Waals surface area contributed by atoms with Crippen molar-refractivity contribution in [2.45, 2.75) is 31.8 Å². The van der Waals surface area contributed by atoms with Crippen molar-refractivity contribution in [3.63, 3.8) is 0 Å². The summed E-state index contributed by atoms with van der Waals surface area (Å²) in [5.41, 5.74) is 1.06. The second kappa shape index (κ2) is 5.67. The van der Waals surface area contributed by atoms with Gasteiger partial charge in [-0.15, -0.1) is 0 Å². The van der Waals surface area contributed by atoms with Crippen LogP contribution >= 0.6 is 0 Å². The molecule has 0 radical (unpaired) electrons. The summed E-state index contributed by atoms with van der Waals surface area (Å²) < 4.78 is 5.09. The van der Waals surface area contributed by atoms with Crippen molar-refractivity contribution in [1.29, 1.82) is 0 Å². The second-order valence-corrected chi connectivity index (χ2v) is 4.46. The number of methoxy groups -OCH3 is 1. The minimum absolute atomic E-state index is 0.0668. The summed E-state index contributed by atoms with van der Waals surface area (Å²) in [5.74, 6) is 0.939. The molecule has 1 saturated heterocycles. The fourth-order valence-corrected chi connectivity index (χ4v) is 2.29. The number of nitrogens with zero attached hydrogens (tertiary/aromatic N) is 1. The number of carbonyl (C=O) groups is 2. The molecule has 18 heavy (non-hydrogen) atoms. The molecular formula is C14H17NO3. The summed E-state index contributed by atoms with van der Waals surface area (Å²) in [5, 5.41) is 0. The van der Waals surface area contributed by atoms with Crippen molar-refractivity contribution < 1.29 is 14.3 Å². The van der Waals surface area contributed by atoms with E-state index in [9.17, 15) is 9.59 Å². The van der Waals surface area contributed by atoms with Gasteiger partial charge in [-0.2, -0.15) is 0 Å². The van der Waals surface area contributed by atoms with Crippen LogP contribution in [0.2, 0.25) is 0 Å². The maximum Gasteiger partial charge on any atom is 0.223 e. The first-order valence-corrected chi connectivity index (χ1v) is 6.10. The van der Waals surface area contributed by atoms with Crippen molar-refractivity contribution >= 4 is 12.2 Å². The molecule has 0 aromatic heterocycles. The number of hydrogen-bond acceptors (Lipinski definition) is 3. The average molecular weight is 247 g/mol. The smallest absolute Gasteiger partial charge is 0.223 e. The lowest BCUT2D eigenvalue weighted by atomic mass is 10.1. The largest absolute Gasteiger partial charge is 0.497 e. The summed E-state index contributed by atoms with van der Waals surface area (Å²) in [7, 11) is 1.62. The first-order chi connectivity index (χ1) is 8.74. The average Bonchev–Trinajstić information content (AvgIpc) is 2.73. The minimum Gasteiger partial charge on any atom is -0.497 e. The molecular weight excluding hydrogens is 230 g/mol. The number of benzene rings is 1. The fraction of sp³-hybridized carbons (Fsp3) is 0.429. The molecule has 1 amide bonds. The lowest BCUT2D eigenvalue weighted by Crippen LogP contribution is -2.32. The van der Waals surface area contributed by atoms with Gasteiger partial charge < -0.3 is 14.4 Å². The predicted molar refractivity (Wildman–Crippen MR) is 67.2 cm³/mol. The quantitative estimate of drug-likeness (QED) is 0.745. The van der Waals surface area contributed by atoms with Crippen LogP contribution in [0, 0.1) is 0 Å². The van der Waals surface area contributed by atoms with Crippen LogP contribution in [0.4, 0.5) is 0 Å². The molecule has 1 aliphatic heterocycles. The van der Waals surface area contributed by atoms with E-state index in [-0.39, 0.29) is 11.9 Å². The Hall–Kier alpha value is -1.84. The fourth-order valence-electron chi connectivity index (χ4n) is 2.29. The standard InChI is InChI=1S/C14H17NO3/c1-18-13-5-2-11(3-6-13)10-15-12(8-9-16)4-7-14(15)17/h2-3,5-6,9,12H,4,7-8,10H2,1H3/t12-/m0/s1. The molecule has 0 unspecified atom stereocenters. The monoisotopic (exact) mass is 247 g/mol. The van der Waals surface area contributed by atoms with Gasteiger partial charge in [-0.05, 0) is 24.1 Å². The van der Waals surface area contributed by atoms with Crippen LogP contribution in [-0.4, -0.2) is 30.2 Å². The zero-order valence-corrected chi connectivity index (χ0v) is 10.5. The Morgan fingerprint density at radius 1 is 1.39 bits per heavy atom. The van der Waals surface area contributed by atoms with Crippen LogP contribution in [0.25, 0.3) is 0 Å². The number of likely N-dealkylation sites (tertiary alicyclic amines) is 1. The van der Waals surface area contributed by atoms with E-state index in [1.54, 1.807) is 12.0 Å². The third kappa shape index (κ3) is 2.70. The Bertz CT molecular complexity index is 427. The van der Waals surface area contributed by atoms with Gasteiger partial charge in [0.2, 0.25) is 5.91 Å². The molecule has 0 N–H and O–H groups in total. The van der Waals surface area contributed by atoms with Gasteiger partial charge in [-0.25, -0.2) is 0 Å². The van der Waals surface area contributed by atoms with Gasteiger partial charge in [-0.1, -0.05) is 12.1 Å². The molecule has 0 bridgehead atoms. The van der Waals surface area contributed by atoms with Crippen molar-refractivity contribution in [2.24, 2.45) is 0 Å². The third-order valence-electron chi connectivity index (χ3n) is 3.33. The molecule has 4 heteroatoms. The first kappa shape index (κ1) is 12.6. The van der Waals surface area contributed by atoms with E-state index < -0.39 is 0 Å². The van der Waals surface area contributed by atoms with E-state index in [0.717, 1.165) is 24.0 Å². The topological polar surface area (TPSA) is 46.6 Å². The lowest BCUT2D eigenvalue weighted by Gasteiger charge is -2.23. The molecule has 1 aromatic carbocycles. The van der Waals surface area contributed by atoms with Gasteiger partial charge in [0, 0.05) is 25.4 Å². The maximum atomic E-state index is 11.8. The summed E-state index contributed by atoms with van der Waals surface area (Å²) in [6, 6.07) is 7.72. The SMILES string of the molecule is COc1ccc(CN2C(=O)CC[C@H]2CC=O)cc1. The lowest BCUT2D eigenvalue weighted by molar-refractivity contribution is -0.129. The molecule has 0 saturated carbocycles. The van der Waals surface area contributed by atoms with Crippen molar-refractivity contribution in [3.05, 3.63) is 29.8 Å². The van der Waals surface area contributed by atoms with E-state index in [1.807, 2.05) is 24.3 Å². The number of hydrogen-bond donors (Lipinski definition) is 0. The van der Waals surface area contributed by atoms with E-state index >= 15 is 0 Å². The summed E-state index contributed by atoms with van der Waals surface area (Å²) in [6.07, 6.45) is 2.66. The zero-order chi connectivity index (χ0) is 13.0. The van der Waals surface area contributed by atoms with Crippen LogP contribution in [0.3, 0.4) is 0 Å². The molecule has 1 aromatic rings. The van der Waals surface area contributed by atoms with Crippen LogP contribution in [0.15, 0.2) is 24.3 Å².